The summed E-state index contributed by atoms with van der Waals surface area (Å²) in [4.78, 5) is 17.3. The van der Waals surface area contributed by atoms with Gasteiger partial charge in [-0.05, 0) is 28.2 Å². The van der Waals surface area contributed by atoms with Gasteiger partial charge in [-0.1, -0.05) is 66.7 Å². The molecule has 3 aromatic carbocycles. The van der Waals surface area contributed by atoms with E-state index in [4.69, 9.17) is 0 Å². The molecule has 0 spiro atoms. The van der Waals surface area contributed by atoms with Crippen molar-refractivity contribution in [2.45, 2.75) is 13.5 Å². The van der Waals surface area contributed by atoms with Gasteiger partial charge in [0, 0.05) is 17.2 Å². The normalized spacial score (nSPS) is 10.4. The van der Waals surface area contributed by atoms with Crippen molar-refractivity contribution in [2.75, 3.05) is 0 Å². The second-order valence-corrected chi connectivity index (χ2v) is 6.38. The molecule has 0 fully saturated rings. The maximum absolute atomic E-state index is 12.8. The number of hydrogen-bond acceptors (Lipinski definition) is 2. The number of carbonyl (C=O) groups excluding carboxylic acids is 1. The molecule has 134 valence electrons. The average Bonchev–Trinajstić information content (AvgIpc) is 2.68. The molecule has 4 rings (SSSR count). The first-order valence-electron chi connectivity index (χ1n) is 8.64. The lowest BCUT2D eigenvalue weighted by atomic mass is 10.0. The van der Waals surface area contributed by atoms with E-state index in [0.29, 0.717) is 0 Å². The van der Waals surface area contributed by atoms with Gasteiger partial charge in [-0.2, -0.15) is 0 Å². The summed E-state index contributed by atoms with van der Waals surface area (Å²) in [5.74, 6) is 0.0808. The maximum Gasteiger partial charge on any atom is 0.287 e. The molecule has 4 aromatic rings. The minimum Gasteiger partial charge on any atom is -1.00 e. The van der Waals surface area contributed by atoms with E-state index < -0.39 is 0 Å². The van der Waals surface area contributed by atoms with Crippen molar-refractivity contribution in [1.29, 1.82) is 0 Å². The molecule has 0 aliphatic heterocycles. The van der Waals surface area contributed by atoms with Crippen molar-refractivity contribution >= 4 is 16.6 Å². The Kier molecular flexibility index (Phi) is 5.77. The number of fused-ring (bicyclic) bond motifs is 1. The first-order chi connectivity index (χ1) is 12.7. The number of aryl methyl sites for hydroxylation is 1. The van der Waals surface area contributed by atoms with Gasteiger partial charge >= 0.3 is 0 Å². The second-order valence-electron chi connectivity index (χ2n) is 6.38. The van der Waals surface area contributed by atoms with Crippen LogP contribution in [0.25, 0.3) is 22.0 Å². The molecule has 0 aliphatic carbocycles. The fraction of sp³-hybridized carbons (Fsp3) is 0.0870. The van der Waals surface area contributed by atoms with Gasteiger partial charge in [0.25, 0.3) is 6.33 Å². The highest BCUT2D eigenvalue weighted by Gasteiger charge is 2.14. The van der Waals surface area contributed by atoms with Crippen LogP contribution in [-0.2, 0) is 6.54 Å². The monoisotopic (exact) mass is 418 g/mol. The molecule has 27 heavy (non-hydrogen) atoms. The van der Waals surface area contributed by atoms with Crippen LogP contribution in [0.5, 0.6) is 0 Å². The van der Waals surface area contributed by atoms with E-state index in [0.717, 1.165) is 27.6 Å². The summed E-state index contributed by atoms with van der Waals surface area (Å²) < 4.78 is 1.83. The van der Waals surface area contributed by atoms with Gasteiger partial charge in [-0.25, -0.2) is 4.57 Å². The van der Waals surface area contributed by atoms with Crippen LogP contribution in [0.4, 0.5) is 0 Å². The molecule has 0 saturated carbocycles. The van der Waals surface area contributed by atoms with Crippen molar-refractivity contribution in [3.8, 4) is 11.3 Å². The zero-order chi connectivity index (χ0) is 17.9. The summed E-state index contributed by atoms with van der Waals surface area (Å²) >= 11 is 0. The van der Waals surface area contributed by atoms with Crippen molar-refractivity contribution in [1.82, 2.24) is 4.98 Å². The van der Waals surface area contributed by atoms with E-state index in [1.165, 1.54) is 5.56 Å². The van der Waals surface area contributed by atoms with Crippen LogP contribution >= 0.6 is 0 Å². The van der Waals surface area contributed by atoms with Crippen molar-refractivity contribution in [3.05, 3.63) is 96.4 Å². The Morgan fingerprint density at radius 1 is 0.926 bits per heavy atom. The Labute approximate surface area is 169 Å². The first-order valence-corrected chi connectivity index (χ1v) is 8.64. The molecule has 0 N–H and O–H groups in total. The van der Waals surface area contributed by atoms with Gasteiger partial charge in [-0.15, -0.1) is 0 Å². The third-order valence-electron chi connectivity index (χ3n) is 4.61. The van der Waals surface area contributed by atoms with Crippen molar-refractivity contribution in [2.24, 2.45) is 0 Å². The van der Waals surface area contributed by atoms with Gasteiger partial charge in [0.15, 0.2) is 12.2 Å². The van der Waals surface area contributed by atoms with E-state index in [9.17, 15) is 4.79 Å². The molecule has 4 heteroatoms. The average molecular weight is 419 g/mol. The first kappa shape index (κ1) is 18.9. The molecule has 3 nitrogen and oxygen atoms in total. The number of rotatable bonds is 4. The van der Waals surface area contributed by atoms with Crippen LogP contribution in [0.15, 0.2) is 85.3 Å². The fourth-order valence-electron chi connectivity index (χ4n) is 3.22. The lowest BCUT2D eigenvalue weighted by Gasteiger charge is -2.05. The number of hydrogen-bond donors (Lipinski definition) is 0. The number of carbonyl (C=O) groups is 1. The maximum atomic E-state index is 12.8. The summed E-state index contributed by atoms with van der Waals surface area (Å²) in [6.07, 6.45) is 3.64. The van der Waals surface area contributed by atoms with E-state index in [2.05, 4.69) is 24.0 Å². The number of aromatic nitrogens is 2. The summed E-state index contributed by atoms with van der Waals surface area (Å²) in [6, 6.07) is 23.9. The quantitative estimate of drug-likeness (QED) is 0.370. The van der Waals surface area contributed by atoms with E-state index in [1.54, 1.807) is 6.33 Å². The predicted molar refractivity (Wildman–Crippen MR) is 103 cm³/mol. The third-order valence-corrected chi connectivity index (χ3v) is 4.61. The third kappa shape index (κ3) is 3.96. The Hall–Kier alpha value is -2.85. The van der Waals surface area contributed by atoms with Gasteiger partial charge < -0.3 is 17.0 Å². The van der Waals surface area contributed by atoms with E-state index >= 15 is 0 Å². The van der Waals surface area contributed by atoms with Crippen LogP contribution in [0.3, 0.4) is 0 Å². The smallest absolute Gasteiger partial charge is 0.287 e. The summed E-state index contributed by atoms with van der Waals surface area (Å²) in [5, 5.41) is 2.07. The number of ketones is 1. The van der Waals surface area contributed by atoms with Gasteiger partial charge in [0.1, 0.15) is 0 Å². The van der Waals surface area contributed by atoms with Crippen molar-refractivity contribution in [3.63, 3.8) is 0 Å². The summed E-state index contributed by atoms with van der Waals surface area (Å²) in [6.45, 7) is 2.34. The Bertz CT molecular complexity index is 1090. The Balaban J connectivity index is 0.00000210. The highest BCUT2D eigenvalue weighted by Crippen LogP contribution is 2.20. The van der Waals surface area contributed by atoms with Gasteiger partial charge in [-0.3, -0.25) is 4.79 Å². The molecule has 0 amide bonds. The van der Waals surface area contributed by atoms with Gasteiger partial charge in [0.05, 0.1) is 6.20 Å². The van der Waals surface area contributed by atoms with Crippen LogP contribution in [0.2, 0.25) is 0 Å². The molecule has 1 aromatic heterocycles. The molecule has 0 aliphatic rings. The standard InChI is InChI=1S/C23H19N2O.BrH/c1-17-7-2-4-10-19(17)22-13-14-25(16-24-22)15-23(26)21-12-6-9-18-8-3-5-11-20(18)21;/h2-14,16H,15H2,1H3;1H/q+1;/p-1. The fourth-order valence-corrected chi connectivity index (χ4v) is 3.22. The molecule has 0 saturated heterocycles. The lowest BCUT2D eigenvalue weighted by Crippen LogP contribution is -3.00. The molecule has 0 atom stereocenters. The molecular formula is C23H19BrN2O. The molecule has 0 unspecified atom stereocenters. The predicted octanol–water partition coefficient (Wildman–Crippen LogP) is 1.38. The molecule has 1 heterocycles. The summed E-state index contributed by atoms with van der Waals surface area (Å²) in [5.41, 5.74) is 3.96. The highest BCUT2D eigenvalue weighted by molar-refractivity contribution is 6.07. The molecule has 0 bridgehead atoms. The van der Waals surface area contributed by atoms with Gasteiger partial charge in [0.2, 0.25) is 5.78 Å². The number of nitrogens with zero attached hydrogens (tertiary/aromatic N) is 2. The molecule has 0 radical (unpaired) electrons. The van der Waals surface area contributed by atoms with E-state index in [-0.39, 0.29) is 29.3 Å². The number of Topliss-reactive ketones (excluding diaryl/α,β-unsaturated/α-hetero) is 1. The second kappa shape index (κ2) is 8.23. The minimum atomic E-state index is 0. The number of halogens is 1. The highest BCUT2D eigenvalue weighted by atomic mass is 79.9. The van der Waals surface area contributed by atoms with Crippen LogP contribution < -0.4 is 21.5 Å². The van der Waals surface area contributed by atoms with Crippen LogP contribution in [-0.4, -0.2) is 10.8 Å². The Morgan fingerprint density at radius 2 is 1.67 bits per heavy atom. The zero-order valence-corrected chi connectivity index (χ0v) is 16.6. The lowest BCUT2D eigenvalue weighted by molar-refractivity contribution is -0.686. The number of benzene rings is 3. The zero-order valence-electron chi connectivity index (χ0n) is 15.0. The molecular weight excluding hydrogens is 400 g/mol. The van der Waals surface area contributed by atoms with Crippen molar-refractivity contribution < 1.29 is 26.3 Å². The SMILES string of the molecule is Cc1ccccc1-c1cc[n+](CC(=O)c2cccc3ccccc23)cn1.[Br-]. The Morgan fingerprint density at radius 3 is 2.44 bits per heavy atom. The summed E-state index contributed by atoms with van der Waals surface area (Å²) in [7, 11) is 0. The minimum absolute atomic E-state index is 0. The largest absolute Gasteiger partial charge is 1.00 e. The topological polar surface area (TPSA) is 33.8 Å². The van der Waals surface area contributed by atoms with Crippen LogP contribution in [0, 0.1) is 6.92 Å². The van der Waals surface area contributed by atoms with E-state index in [1.807, 2.05) is 71.4 Å². The van der Waals surface area contributed by atoms with Crippen LogP contribution in [0.1, 0.15) is 15.9 Å².